The van der Waals surface area contributed by atoms with Gasteiger partial charge in [-0.15, -0.1) is 0 Å². The Balaban J connectivity index is 2.09. The standard InChI is InChI=1S/C17H27NO2/c1-5-6-8-20-9-7-18-13(2)10-14-15(18)11-17(3,4)12-16(14)19/h10H,5-9,11-12H2,1-4H3. The predicted octanol–water partition coefficient (Wildman–Crippen LogP) is 3.77. The van der Waals surface area contributed by atoms with E-state index in [9.17, 15) is 4.79 Å². The van der Waals surface area contributed by atoms with E-state index in [0.29, 0.717) is 12.2 Å². The maximum atomic E-state index is 12.2. The number of nitrogens with zero attached hydrogens (tertiary/aromatic N) is 1. The van der Waals surface area contributed by atoms with E-state index in [1.807, 2.05) is 0 Å². The summed E-state index contributed by atoms with van der Waals surface area (Å²) in [5, 5.41) is 0. The van der Waals surface area contributed by atoms with Crippen LogP contribution in [0.1, 0.15) is 61.8 Å². The molecule has 0 fully saturated rings. The van der Waals surface area contributed by atoms with Crippen LogP contribution in [0.3, 0.4) is 0 Å². The lowest BCUT2D eigenvalue weighted by Crippen LogP contribution is -2.28. The van der Waals surface area contributed by atoms with Crippen molar-refractivity contribution in [2.24, 2.45) is 5.41 Å². The minimum atomic E-state index is 0.0791. The van der Waals surface area contributed by atoms with Crippen molar-refractivity contribution in [3.8, 4) is 0 Å². The summed E-state index contributed by atoms with van der Waals surface area (Å²) in [4.78, 5) is 12.2. The molecule has 2 rings (SSSR count). The summed E-state index contributed by atoms with van der Waals surface area (Å²) in [6.45, 7) is 11.0. The molecule has 0 saturated carbocycles. The molecule has 1 aliphatic rings. The molecule has 1 aromatic rings. The number of aryl methyl sites for hydroxylation is 1. The van der Waals surface area contributed by atoms with Gasteiger partial charge in [0.1, 0.15) is 0 Å². The summed E-state index contributed by atoms with van der Waals surface area (Å²) in [7, 11) is 0. The first-order valence-electron chi connectivity index (χ1n) is 7.74. The SMILES string of the molecule is CCCCOCCn1c(C)cc2c1CC(C)(C)CC2=O. The number of Topliss-reactive ketones (excluding diaryl/α,β-unsaturated/α-hetero) is 1. The second-order valence-electron chi connectivity index (χ2n) is 6.70. The van der Waals surface area contributed by atoms with Crippen molar-refractivity contribution in [3.63, 3.8) is 0 Å². The largest absolute Gasteiger partial charge is 0.380 e. The van der Waals surface area contributed by atoms with Crippen molar-refractivity contribution in [2.45, 2.75) is 59.9 Å². The van der Waals surface area contributed by atoms with Crippen LogP contribution in [0.5, 0.6) is 0 Å². The average Bonchev–Trinajstić information content (AvgIpc) is 2.65. The molecule has 1 aromatic heterocycles. The van der Waals surface area contributed by atoms with Gasteiger partial charge in [0.2, 0.25) is 0 Å². The van der Waals surface area contributed by atoms with E-state index in [0.717, 1.165) is 38.2 Å². The zero-order valence-corrected chi connectivity index (χ0v) is 13.3. The molecule has 1 heterocycles. The first-order valence-corrected chi connectivity index (χ1v) is 7.74. The van der Waals surface area contributed by atoms with Gasteiger partial charge in [0, 0.05) is 36.5 Å². The zero-order chi connectivity index (χ0) is 14.8. The van der Waals surface area contributed by atoms with Crippen molar-refractivity contribution >= 4 is 5.78 Å². The van der Waals surface area contributed by atoms with Crippen LogP contribution in [0.15, 0.2) is 6.07 Å². The molecule has 0 aliphatic heterocycles. The highest BCUT2D eigenvalue weighted by atomic mass is 16.5. The van der Waals surface area contributed by atoms with Crippen molar-refractivity contribution in [1.82, 2.24) is 4.57 Å². The first kappa shape index (κ1) is 15.3. The van der Waals surface area contributed by atoms with Gasteiger partial charge >= 0.3 is 0 Å². The summed E-state index contributed by atoms with van der Waals surface area (Å²) in [6.07, 6.45) is 3.93. The average molecular weight is 277 g/mol. The molecule has 0 bridgehead atoms. The van der Waals surface area contributed by atoms with Crippen LogP contribution in [0.4, 0.5) is 0 Å². The molecule has 3 heteroatoms. The molecule has 20 heavy (non-hydrogen) atoms. The van der Waals surface area contributed by atoms with Crippen LogP contribution in [0, 0.1) is 12.3 Å². The Hall–Kier alpha value is -1.09. The van der Waals surface area contributed by atoms with Crippen molar-refractivity contribution < 1.29 is 9.53 Å². The minimum absolute atomic E-state index is 0.0791. The summed E-state index contributed by atoms with van der Waals surface area (Å²) in [5.74, 6) is 0.296. The van der Waals surface area contributed by atoms with E-state index in [-0.39, 0.29) is 5.41 Å². The van der Waals surface area contributed by atoms with Gasteiger partial charge in [-0.2, -0.15) is 0 Å². The molecule has 0 spiro atoms. The fourth-order valence-electron chi connectivity index (χ4n) is 3.02. The summed E-state index contributed by atoms with van der Waals surface area (Å²) in [5.41, 5.74) is 3.41. The Labute approximate surface area is 122 Å². The van der Waals surface area contributed by atoms with E-state index in [4.69, 9.17) is 4.74 Å². The van der Waals surface area contributed by atoms with E-state index in [1.54, 1.807) is 0 Å². The van der Waals surface area contributed by atoms with E-state index in [1.165, 1.54) is 17.8 Å². The molecule has 0 saturated heterocycles. The van der Waals surface area contributed by atoms with Crippen LogP contribution in [-0.4, -0.2) is 23.6 Å². The minimum Gasteiger partial charge on any atom is -0.380 e. The van der Waals surface area contributed by atoms with Crippen molar-refractivity contribution in [3.05, 3.63) is 23.0 Å². The third kappa shape index (κ3) is 3.32. The lowest BCUT2D eigenvalue weighted by Gasteiger charge is -2.29. The lowest BCUT2D eigenvalue weighted by atomic mass is 9.76. The van der Waals surface area contributed by atoms with Gasteiger partial charge in [-0.3, -0.25) is 4.79 Å². The molecule has 0 N–H and O–H groups in total. The molecule has 0 unspecified atom stereocenters. The van der Waals surface area contributed by atoms with E-state index >= 15 is 0 Å². The third-order valence-corrected chi connectivity index (χ3v) is 4.10. The maximum absolute atomic E-state index is 12.2. The first-order chi connectivity index (χ1) is 9.44. The number of ether oxygens (including phenoxy) is 1. The number of hydrogen-bond donors (Lipinski definition) is 0. The molecule has 0 atom stereocenters. The van der Waals surface area contributed by atoms with Crippen molar-refractivity contribution in [2.75, 3.05) is 13.2 Å². The van der Waals surface area contributed by atoms with Gasteiger partial charge in [0.25, 0.3) is 0 Å². The quantitative estimate of drug-likeness (QED) is 0.741. The highest BCUT2D eigenvalue weighted by Gasteiger charge is 2.33. The van der Waals surface area contributed by atoms with E-state index < -0.39 is 0 Å². The fraction of sp³-hybridized carbons (Fsp3) is 0.706. The van der Waals surface area contributed by atoms with E-state index in [2.05, 4.69) is 38.3 Å². The highest BCUT2D eigenvalue weighted by Crippen LogP contribution is 2.36. The maximum Gasteiger partial charge on any atom is 0.165 e. The topological polar surface area (TPSA) is 31.2 Å². The Kier molecular flexibility index (Phi) is 4.69. The molecule has 3 nitrogen and oxygen atoms in total. The zero-order valence-electron chi connectivity index (χ0n) is 13.3. The molecule has 112 valence electrons. The van der Waals surface area contributed by atoms with Gasteiger partial charge in [-0.1, -0.05) is 27.2 Å². The number of carbonyl (C=O) groups is 1. The van der Waals surface area contributed by atoms with Gasteiger partial charge in [-0.05, 0) is 31.2 Å². The molecule has 0 aromatic carbocycles. The highest BCUT2D eigenvalue weighted by molar-refractivity contribution is 5.99. The molecule has 0 amide bonds. The van der Waals surface area contributed by atoms with Gasteiger partial charge < -0.3 is 9.30 Å². The number of carbonyl (C=O) groups excluding carboxylic acids is 1. The monoisotopic (exact) mass is 277 g/mol. The Morgan fingerprint density at radius 3 is 2.75 bits per heavy atom. The number of rotatable bonds is 6. The second-order valence-corrected chi connectivity index (χ2v) is 6.70. The van der Waals surface area contributed by atoms with Crippen LogP contribution in [0.25, 0.3) is 0 Å². The Bertz CT molecular complexity index is 485. The second kappa shape index (κ2) is 6.13. The Morgan fingerprint density at radius 2 is 2.05 bits per heavy atom. The number of hydrogen-bond acceptors (Lipinski definition) is 2. The van der Waals surface area contributed by atoms with Gasteiger partial charge in [-0.25, -0.2) is 0 Å². The number of unbranched alkanes of at least 4 members (excludes halogenated alkanes) is 1. The summed E-state index contributed by atoms with van der Waals surface area (Å²) >= 11 is 0. The number of ketones is 1. The smallest absolute Gasteiger partial charge is 0.165 e. The lowest BCUT2D eigenvalue weighted by molar-refractivity contribution is 0.0906. The van der Waals surface area contributed by atoms with Crippen LogP contribution >= 0.6 is 0 Å². The molecular formula is C17H27NO2. The summed E-state index contributed by atoms with van der Waals surface area (Å²) < 4.78 is 7.94. The molecule has 0 radical (unpaired) electrons. The Morgan fingerprint density at radius 1 is 1.30 bits per heavy atom. The third-order valence-electron chi connectivity index (χ3n) is 4.10. The summed E-state index contributed by atoms with van der Waals surface area (Å²) in [6, 6.07) is 2.05. The number of fused-ring (bicyclic) bond motifs is 1. The van der Waals surface area contributed by atoms with Crippen LogP contribution in [0.2, 0.25) is 0 Å². The normalized spacial score (nSPS) is 17.3. The fourth-order valence-corrected chi connectivity index (χ4v) is 3.02. The molecular weight excluding hydrogens is 250 g/mol. The molecule has 1 aliphatic carbocycles. The van der Waals surface area contributed by atoms with Gasteiger partial charge in [0.15, 0.2) is 5.78 Å². The van der Waals surface area contributed by atoms with Crippen LogP contribution in [-0.2, 0) is 17.7 Å². The number of aromatic nitrogens is 1. The van der Waals surface area contributed by atoms with Crippen molar-refractivity contribution in [1.29, 1.82) is 0 Å². The van der Waals surface area contributed by atoms with Crippen LogP contribution < -0.4 is 0 Å². The van der Waals surface area contributed by atoms with Gasteiger partial charge in [0.05, 0.1) is 6.61 Å². The predicted molar refractivity (Wildman–Crippen MR) is 81.3 cm³/mol.